The zero-order valence-electron chi connectivity index (χ0n) is 14.9. The smallest absolute Gasteiger partial charge is 0.262 e. The average molecular weight is 372 g/mol. The molecule has 0 aliphatic heterocycles. The van der Waals surface area contributed by atoms with E-state index >= 15 is 0 Å². The van der Waals surface area contributed by atoms with E-state index in [1.165, 1.54) is 17.5 Å². The molecule has 1 saturated carbocycles. The lowest BCUT2D eigenvalue weighted by Gasteiger charge is -2.38. The Hall–Kier alpha value is -1.92. The first-order valence-electron chi connectivity index (χ1n) is 9.24. The monoisotopic (exact) mass is 372 g/mol. The fourth-order valence-electron chi connectivity index (χ4n) is 3.99. The average Bonchev–Trinajstić information content (AvgIpc) is 3.08. The van der Waals surface area contributed by atoms with Gasteiger partial charge in [-0.3, -0.25) is 4.79 Å². The minimum absolute atomic E-state index is 0.000331. The van der Waals surface area contributed by atoms with Crippen LogP contribution in [0.3, 0.4) is 0 Å². The molecule has 26 heavy (non-hydrogen) atoms. The summed E-state index contributed by atoms with van der Waals surface area (Å²) in [4.78, 5) is 18.1. The summed E-state index contributed by atoms with van der Waals surface area (Å²) in [7, 11) is 1.59. The highest BCUT2D eigenvalue weighted by Gasteiger charge is 2.36. The Bertz CT molecular complexity index is 781. The van der Waals surface area contributed by atoms with E-state index in [-0.39, 0.29) is 24.0 Å². The number of aliphatic hydroxyl groups excluding tert-OH is 1. The van der Waals surface area contributed by atoms with Crippen LogP contribution in [-0.2, 0) is 12.8 Å². The molecule has 1 fully saturated rings. The number of hydrogen-bond acceptors (Lipinski definition) is 5. The summed E-state index contributed by atoms with van der Waals surface area (Å²) in [6.07, 6.45) is 7.37. The minimum Gasteiger partial charge on any atom is -0.481 e. The Morgan fingerprint density at radius 1 is 1.35 bits per heavy atom. The van der Waals surface area contributed by atoms with E-state index < -0.39 is 0 Å². The van der Waals surface area contributed by atoms with Gasteiger partial charge in [0.2, 0.25) is 5.88 Å². The second-order valence-corrected chi connectivity index (χ2v) is 8.13. The van der Waals surface area contributed by atoms with Crippen LogP contribution in [0.4, 0.5) is 0 Å². The molecule has 5 nitrogen and oxygen atoms in total. The predicted molar refractivity (Wildman–Crippen MR) is 101 cm³/mol. The number of pyridine rings is 1. The lowest BCUT2D eigenvalue weighted by Crippen LogP contribution is -2.41. The maximum Gasteiger partial charge on any atom is 0.262 e. The molecule has 138 valence electrons. The van der Waals surface area contributed by atoms with Crippen molar-refractivity contribution in [1.82, 2.24) is 10.3 Å². The van der Waals surface area contributed by atoms with E-state index in [9.17, 15) is 9.90 Å². The van der Waals surface area contributed by atoms with Crippen molar-refractivity contribution in [2.45, 2.75) is 50.7 Å². The number of rotatable bonds is 5. The largest absolute Gasteiger partial charge is 0.481 e. The highest BCUT2D eigenvalue weighted by atomic mass is 32.1. The third kappa shape index (κ3) is 3.35. The topological polar surface area (TPSA) is 71.5 Å². The molecule has 2 heterocycles. The molecule has 2 aromatic rings. The number of carbonyl (C=O) groups is 1. The van der Waals surface area contributed by atoms with E-state index in [0.717, 1.165) is 29.7 Å². The fraction of sp³-hybridized carbons (Fsp3) is 0.500. The second kappa shape index (κ2) is 7.37. The molecule has 1 amide bonds. The van der Waals surface area contributed by atoms with Crippen LogP contribution in [0.25, 0.3) is 0 Å². The lowest BCUT2D eigenvalue weighted by molar-refractivity contribution is 0.0235. The Balaban J connectivity index is 1.56. The molecule has 2 N–H and O–H groups in total. The highest BCUT2D eigenvalue weighted by molar-refractivity contribution is 7.12. The number of aliphatic hydroxyl groups is 1. The van der Waals surface area contributed by atoms with Crippen LogP contribution in [0.2, 0.25) is 0 Å². The van der Waals surface area contributed by atoms with Crippen LogP contribution >= 0.6 is 11.3 Å². The molecule has 1 atom stereocenters. The number of amides is 1. The van der Waals surface area contributed by atoms with Gasteiger partial charge in [-0.05, 0) is 66.5 Å². The number of aryl methyl sites for hydroxylation is 1. The van der Waals surface area contributed by atoms with Crippen molar-refractivity contribution >= 4 is 17.2 Å². The summed E-state index contributed by atoms with van der Waals surface area (Å²) >= 11 is 1.56. The first-order chi connectivity index (χ1) is 12.7. The molecular weight excluding hydrogens is 348 g/mol. The summed E-state index contributed by atoms with van der Waals surface area (Å²) in [5.41, 5.74) is 3.54. The number of ether oxygens (including phenoxy) is 1. The first-order valence-corrected chi connectivity index (χ1v) is 10.1. The third-order valence-electron chi connectivity index (χ3n) is 5.54. The molecule has 0 unspecified atom stereocenters. The molecule has 2 aliphatic carbocycles. The van der Waals surface area contributed by atoms with Gasteiger partial charge in [0, 0.05) is 12.3 Å². The van der Waals surface area contributed by atoms with Crippen molar-refractivity contribution in [3.05, 3.63) is 45.3 Å². The Labute approximate surface area is 157 Å². The van der Waals surface area contributed by atoms with Crippen LogP contribution < -0.4 is 10.1 Å². The highest BCUT2D eigenvalue weighted by Crippen LogP contribution is 2.39. The number of nitrogens with zero attached hydrogens (tertiary/aromatic N) is 1. The summed E-state index contributed by atoms with van der Waals surface area (Å²) < 4.78 is 5.13. The van der Waals surface area contributed by atoms with Gasteiger partial charge in [-0.15, -0.1) is 11.3 Å². The molecule has 0 bridgehead atoms. The van der Waals surface area contributed by atoms with Gasteiger partial charge < -0.3 is 15.2 Å². The molecule has 0 saturated heterocycles. The Morgan fingerprint density at radius 3 is 2.85 bits per heavy atom. The van der Waals surface area contributed by atoms with E-state index in [2.05, 4.69) is 15.7 Å². The number of aromatic nitrogens is 1. The van der Waals surface area contributed by atoms with Gasteiger partial charge in [-0.1, -0.05) is 6.07 Å². The molecule has 0 aromatic carbocycles. The van der Waals surface area contributed by atoms with E-state index in [1.807, 2.05) is 12.1 Å². The standard InChI is InChI=1S/C20H24N2O3S/c1-25-17-7-6-12(10-21-17)18(14-8-15(23)9-14)22-20(24)19-16-5-3-2-4-13(16)11-26-19/h6-7,10-11,14-15,18,23H,2-5,8-9H2,1H3,(H,22,24)/t14?,15?,18-/m1/s1. The van der Waals surface area contributed by atoms with Crippen molar-refractivity contribution in [2.75, 3.05) is 7.11 Å². The van der Waals surface area contributed by atoms with Crippen LogP contribution in [-0.4, -0.2) is 29.2 Å². The van der Waals surface area contributed by atoms with Crippen molar-refractivity contribution in [3.8, 4) is 5.88 Å². The quantitative estimate of drug-likeness (QED) is 0.845. The number of fused-ring (bicyclic) bond motifs is 1. The minimum atomic E-state index is -0.264. The zero-order valence-corrected chi connectivity index (χ0v) is 15.7. The zero-order chi connectivity index (χ0) is 18.1. The number of carbonyl (C=O) groups excluding carboxylic acids is 1. The van der Waals surface area contributed by atoms with Gasteiger partial charge in [-0.25, -0.2) is 4.98 Å². The van der Waals surface area contributed by atoms with Crippen molar-refractivity contribution in [1.29, 1.82) is 0 Å². The first kappa shape index (κ1) is 17.5. The summed E-state index contributed by atoms with van der Waals surface area (Å²) in [5, 5.41) is 15.1. The van der Waals surface area contributed by atoms with Gasteiger partial charge in [0.25, 0.3) is 5.91 Å². The maximum absolute atomic E-state index is 13.0. The molecule has 4 rings (SSSR count). The Morgan fingerprint density at radius 2 is 2.15 bits per heavy atom. The molecule has 6 heteroatoms. The van der Waals surface area contributed by atoms with Gasteiger partial charge in [0.15, 0.2) is 0 Å². The van der Waals surface area contributed by atoms with Crippen molar-refractivity contribution in [3.63, 3.8) is 0 Å². The number of methoxy groups -OCH3 is 1. The summed E-state index contributed by atoms with van der Waals surface area (Å²) in [6.45, 7) is 0. The fourth-order valence-corrected chi connectivity index (χ4v) is 5.05. The lowest BCUT2D eigenvalue weighted by atomic mass is 9.75. The molecular formula is C20H24N2O3S. The van der Waals surface area contributed by atoms with Crippen LogP contribution in [0.1, 0.15) is 58.1 Å². The van der Waals surface area contributed by atoms with E-state index in [4.69, 9.17) is 4.74 Å². The van der Waals surface area contributed by atoms with Gasteiger partial charge >= 0.3 is 0 Å². The molecule has 2 aromatic heterocycles. The normalized spacial score (nSPS) is 22.8. The maximum atomic E-state index is 13.0. The van der Waals surface area contributed by atoms with Gasteiger partial charge in [-0.2, -0.15) is 0 Å². The third-order valence-corrected chi connectivity index (χ3v) is 6.61. The second-order valence-electron chi connectivity index (χ2n) is 7.25. The van der Waals surface area contributed by atoms with Crippen molar-refractivity contribution in [2.24, 2.45) is 5.92 Å². The molecule has 0 radical (unpaired) electrons. The van der Waals surface area contributed by atoms with Crippen LogP contribution in [0.5, 0.6) is 5.88 Å². The van der Waals surface area contributed by atoms with Crippen LogP contribution in [0.15, 0.2) is 23.7 Å². The summed E-state index contributed by atoms with van der Waals surface area (Å²) in [5.74, 6) is 0.792. The van der Waals surface area contributed by atoms with Gasteiger partial charge in [0.1, 0.15) is 0 Å². The number of hydrogen-bond donors (Lipinski definition) is 2. The molecule has 2 aliphatic rings. The molecule has 0 spiro atoms. The van der Waals surface area contributed by atoms with E-state index in [1.54, 1.807) is 24.6 Å². The van der Waals surface area contributed by atoms with E-state index in [0.29, 0.717) is 18.7 Å². The van der Waals surface area contributed by atoms with Crippen LogP contribution in [0, 0.1) is 5.92 Å². The predicted octanol–water partition coefficient (Wildman–Crippen LogP) is 3.27. The number of thiophene rings is 1. The van der Waals surface area contributed by atoms with Crippen molar-refractivity contribution < 1.29 is 14.6 Å². The van der Waals surface area contributed by atoms with Gasteiger partial charge in [0.05, 0.1) is 24.1 Å². The number of nitrogens with one attached hydrogen (secondary N) is 1. The SMILES string of the molecule is COc1ccc([C@@H](NC(=O)c2scc3c2CCCC3)C2CC(O)C2)cn1. The Kier molecular flexibility index (Phi) is 4.96. The summed E-state index contributed by atoms with van der Waals surface area (Å²) in [6, 6.07) is 3.63.